The Morgan fingerprint density at radius 1 is 0.882 bits per heavy atom. The molecule has 2 aliphatic carbocycles. The number of ketones is 1. The Hall–Kier alpha value is -0.370. The third-order valence-electron chi connectivity index (χ3n) is 4.66. The van der Waals surface area contributed by atoms with Crippen LogP contribution in [0.2, 0.25) is 0 Å². The van der Waals surface area contributed by atoms with Crippen molar-refractivity contribution in [1.29, 1.82) is 0 Å². The summed E-state index contributed by atoms with van der Waals surface area (Å²) in [5.41, 5.74) is 0. The molecule has 0 saturated heterocycles. The molecule has 0 radical (unpaired) electrons. The number of hydrogen-bond donors (Lipinski definition) is 0. The Bertz CT molecular complexity index is 243. The van der Waals surface area contributed by atoms with Crippen LogP contribution in [0.25, 0.3) is 0 Å². The molecule has 0 bridgehead atoms. The molecule has 17 heavy (non-hydrogen) atoms. The molecule has 0 aromatic heterocycles. The van der Waals surface area contributed by atoms with E-state index in [-0.39, 0.29) is 6.04 Å². The van der Waals surface area contributed by atoms with Crippen LogP contribution in [0.5, 0.6) is 0 Å². The van der Waals surface area contributed by atoms with E-state index in [0.717, 1.165) is 19.3 Å². The molecule has 0 heterocycles. The van der Waals surface area contributed by atoms with Crippen LogP contribution >= 0.6 is 0 Å². The third-order valence-corrected chi connectivity index (χ3v) is 4.66. The second kappa shape index (κ2) is 6.53. The molecular formula is C15H27NO. The van der Waals surface area contributed by atoms with E-state index >= 15 is 0 Å². The Kier molecular flexibility index (Phi) is 5.02. The molecule has 1 atom stereocenters. The summed E-state index contributed by atoms with van der Waals surface area (Å²) in [5.74, 6) is 0.509. The SMILES string of the molecule is CN(C1CCCCCC1)C1CCCCCC1=O. The van der Waals surface area contributed by atoms with Gasteiger partial charge in [-0.05, 0) is 32.7 Å². The molecule has 0 aliphatic heterocycles. The fraction of sp³-hybridized carbons (Fsp3) is 0.933. The van der Waals surface area contributed by atoms with Gasteiger partial charge in [0.1, 0.15) is 5.78 Å². The zero-order valence-corrected chi connectivity index (χ0v) is 11.3. The molecule has 2 rings (SSSR count). The quantitative estimate of drug-likeness (QED) is 0.685. The molecular weight excluding hydrogens is 210 g/mol. The van der Waals surface area contributed by atoms with Crippen molar-refractivity contribution >= 4 is 5.78 Å². The van der Waals surface area contributed by atoms with Crippen molar-refractivity contribution in [1.82, 2.24) is 4.90 Å². The summed E-state index contributed by atoms with van der Waals surface area (Å²) >= 11 is 0. The number of likely N-dealkylation sites (N-methyl/N-ethyl adjacent to an activating group) is 1. The molecule has 0 spiro atoms. The van der Waals surface area contributed by atoms with Gasteiger partial charge in [-0.3, -0.25) is 9.69 Å². The largest absolute Gasteiger partial charge is 0.298 e. The minimum absolute atomic E-state index is 0.237. The van der Waals surface area contributed by atoms with Crippen LogP contribution in [-0.2, 0) is 4.79 Å². The average Bonchev–Trinajstić information content (AvgIpc) is 2.70. The first-order valence-corrected chi connectivity index (χ1v) is 7.53. The second-order valence-corrected chi connectivity index (χ2v) is 5.89. The van der Waals surface area contributed by atoms with Crippen LogP contribution in [-0.4, -0.2) is 29.8 Å². The van der Waals surface area contributed by atoms with E-state index in [1.165, 1.54) is 51.4 Å². The van der Waals surface area contributed by atoms with Crippen LogP contribution in [0.4, 0.5) is 0 Å². The normalized spacial score (nSPS) is 29.1. The number of rotatable bonds is 2. The summed E-state index contributed by atoms with van der Waals surface area (Å²) in [4.78, 5) is 14.6. The first-order chi connectivity index (χ1) is 8.29. The average molecular weight is 237 g/mol. The van der Waals surface area contributed by atoms with Crippen molar-refractivity contribution in [2.45, 2.75) is 82.7 Å². The number of nitrogens with zero attached hydrogens (tertiary/aromatic N) is 1. The predicted octanol–water partition coefficient (Wildman–Crippen LogP) is 3.54. The van der Waals surface area contributed by atoms with Gasteiger partial charge in [-0.25, -0.2) is 0 Å². The summed E-state index contributed by atoms with van der Waals surface area (Å²) < 4.78 is 0. The zero-order chi connectivity index (χ0) is 12.1. The van der Waals surface area contributed by atoms with E-state index in [9.17, 15) is 4.79 Å². The van der Waals surface area contributed by atoms with Crippen molar-refractivity contribution in [3.63, 3.8) is 0 Å². The lowest BCUT2D eigenvalue weighted by Crippen LogP contribution is -2.44. The van der Waals surface area contributed by atoms with Gasteiger partial charge in [0.05, 0.1) is 6.04 Å². The molecule has 2 heteroatoms. The summed E-state index contributed by atoms with van der Waals surface area (Å²) in [6.45, 7) is 0. The second-order valence-electron chi connectivity index (χ2n) is 5.89. The lowest BCUT2D eigenvalue weighted by Gasteiger charge is -2.33. The highest BCUT2D eigenvalue weighted by molar-refractivity contribution is 5.84. The van der Waals surface area contributed by atoms with Crippen molar-refractivity contribution < 1.29 is 4.79 Å². The van der Waals surface area contributed by atoms with Gasteiger partial charge in [-0.2, -0.15) is 0 Å². The first kappa shape index (κ1) is 13.1. The van der Waals surface area contributed by atoms with E-state index in [0.29, 0.717) is 11.8 Å². The van der Waals surface area contributed by atoms with Crippen LogP contribution < -0.4 is 0 Å². The van der Waals surface area contributed by atoms with E-state index in [1.54, 1.807) is 0 Å². The zero-order valence-electron chi connectivity index (χ0n) is 11.3. The molecule has 0 amide bonds. The lowest BCUT2D eigenvalue weighted by molar-refractivity contribution is -0.124. The van der Waals surface area contributed by atoms with Crippen molar-refractivity contribution in [2.75, 3.05) is 7.05 Å². The van der Waals surface area contributed by atoms with Gasteiger partial charge in [0, 0.05) is 12.5 Å². The monoisotopic (exact) mass is 237 g/mol. The van der Waals surface area contributed by atoms with E-state index in [4.69, 9.17) is 0 Å². The summed E-state index contributed by atoms with van der Waals surface area (Å²) in [6, 6.07) is 0.908. The highest BCUT2D eigenvalue weighted by Crippen LogP contribution is 2.26. The van der Waals surface area contributed by atoms with Gasteiger partial charge in [-0.1, -0.05) is 38.5 Å². The lowest BCUT2D eigenvalue weighted by atomic mass is 10.0. The van der Waals surface area contributed by atoms with Crippen LogP contribution in [0.15, 0.2) is 0 Å². The molecule has 2 nitrogen and oxygen atoms in total. The number of carbonyl (C=O) groups excluding carboxylic acids is 1. The fourth-order valence-electron chi connectivity index (χ4n) is 3.49. The Morgan fingerprint density at radius 2 is 1.47 bits per heavy atom. The maximum absolute atomic E-state index is 12.1. The van der Waals surface area contributed by atoms with Crippen LogP contribution in [0.3, 0.4) is 0 Å². The molecule has 2 aliphatic rings. The third kappa shape index (κ3) is 3.54. The van der Waals surface area contributed by atoms with Crippen molar-refractivity contribution in [3.8, 4) is 0 Å². The Balaban J connectivity index is 1.95. The van der Waals surface area contributed by atoms with Crippen LogP contribution in [0.1, 0.15) is 70.6 Å². The van der Waals surface area contributed by atoms with Gasteiger partial charge >= 0.3 is 0 Å². The summed E-state index contributed by atoms with van der Waals surface area (Å²) in [5, 5.41) is 0. The minimum atomic E-state index is 0.237. The van der Waals surface area contributed by atoms with Gasteiger partial charge in [0.25, 0.3) is 0 Å². The topological polar surface area (TPSA) is 20.3 Å². The molecule has 0 aromatic rings. The fourth-order valence-corrected chi connectivity index (χ4v) is 3.49. The molecule has 2 fully saturated rings. The minimum Gasteiger partial charge on any atom is -0.298 e. The first-order valence-electron chi connectivity index (χ1n) is 7.53. The number of hydrogen-bond acceptors (Lipinski definition) is 2. The maximum Gasteiger partial charge on any atom is 0.149 e. The molecule has 0 aromatic carbocycles. The maximum atomic E-state index is 12.1. The Labute approximate surface area is 106 Å². The highest BCUT2D eigenvalue weighted by atomic mass is 16.1. The van der Waals surface area contributed by atoms with Gasteiger partial charge in [0.15, 0.2) is 0 Å². The van der Waals surface area contributed by atoms with Gasteiger partial charge in [0.2, 0.25) is 0 Å². The van der Waals surface area contributed by atoms with E-state index < -0.39 is 0 Å². The summed E-state index contributed by atoms with van der Waals surface area (Å²) in [6.07, 6.45) is 13.6. The van der Waals surface area contributed by atoms with Crippen molar-refractivity contribution in [3.05, 3.63) is 0 Å². The molecule has 2 saturated carbocycles. The molecule has 1 unspecified atom stereocenters. The van der Waals surface area contributed by atoms with Gasteiger partial charge in [-0.15, -0.1) is 0 Å². The van der Waals surface area contributed by atoms with Gasteiger partial charge < -0.3 is 0 Å². The smallest absolute Gasteiger partial charge is 0.149 e. The predicted molar refractivity (Wildman–Crippen MR) is 71.1 cm³/mol. The summed E-state index contributed by atoms with van der Waals surface area (Å²) in [7, 11) is 2.20. The highest BCUT2D eigenvalue weighted by Gasteiger charge is 2.29. The number of carbonyl (C=O) groups is 1. The van der Waals surface area contributed by atoms with Crippen molar-refractivity contribution in [2.24, 2.45) is 0 Å². The van der Waals surface area contributed by atoms with E-state index in [1.807, 2.05) is 0 Å². The standard InChI is InChI=1S/C15H27NO/c1-16(13-9-5-2-3-6-10-13)14-11-7-4-8-12-15(14)17/h13-14H,2-12H2,1H3. The molecule has 0 N–H and O–H groups in total. The van der Waals surface area contributed by atoms with E-state index in [2.05, 4.69) is 11.9 Å². The Morgan fingerprint density at radius 3 is 2.18 bits per heavy atom. The van der Waals surface area contributed by atoms with Crippen LogP contribution in [0, 0.1) is 0 Å². The number of Topliss-reactive ketones (excluding diaryl/α,β-unsaturated/α-hetero) is 1. The molecule has 98 valence electrons.